The smallest absolute Gasteiger partial charge is 0.252 e. The Bertz CT molecular complexity index is 511. The second kappa shape index (κ2) is 7.43. The van der Waals surface area contributed by atoms with E-state index in [4.69, 9.17) is 23.1 Å². The van der Waals surface area contributed by atoms with E-state index in [-0.39, 0.29) is 17.8 Å². The van der Waals surface area contributed by atoms with Crippen LogP contribution in [-0.2, 0) is 11.3 Å². The lowest BCUT2D eigenvalue weighted by Gasteiger charge is -2.20. The lowest BCUT2D eigenvalue weighted by molar-refractivity contribution is -0.121. The molecular formula is C15H21ClN4O. The molecule has 0 radical (unpaired) electrons. The van der Waals surface area contributed by atoms with Crippen LogP contribution in [0.5, 0.6) is 0 Å². The first-order chi connectivity index (χ1) is 10.0. The van der Waals surface area contributed by atoms with Crippen molar-refractivity contribution >= 4 is 23.5 Å². The average Bonchev–Trinajstić information content (AvgIpc) is 2.66. The molecule has 1 atom stereocenters. The summed E-state index contributed by atoms with van der Waals surface area (Å²) in [5.74, 6) is -0.409. The fourth-order valence-corrected chi connectivity index (χ4v) is 2.75. The molecule has 0 bridgehead atoms. The van der Waals surface area contributed by atoms with Crippen molar-refractivity contribution in [2.75, 3.05) is 13.1 Å². The van der Waals surface area contributed by atoms with E-state index in [2.05, 4.69) is 9.89 Å². The number of carbonyl (C=O) groups is 1. The highest BCUT2D eigenvalue weighted by molar-refractivity contribution is 6.30. The van der Waals surface area contributed by atoms with Gasteiger partial charge in [0.1, 0.15) is 0 Å². The van der Waals surface area contributed by atoms with Crippen LogP contribution in [-0.4, -0.2) is 29.9 Å². The predicted molar refractivity (Wildman–Crippen MR) is 84.9 cm³/mol. The molecular weight excluding hydrogens is 288 g/mol. The molecule has 1 aliphatic heterocycles. The maximum Gasteiger partial charge on any atom is 0.252 e. The number of aliphatic imine (C=N–C) groups is 1. The number of halogens is 1. The second-order valence-corrected chi connectivity index (χ2v) is 5.84. The van der Waals surface area contributed by atoms with Gasteiger partial charge in [-0.25, -0.2) is 0 Å². The van der Waals surface area contributed by atoms with Crippen molar-refractivity contribution in [3.63, 3.8) is 0 Å². The van der Waals surface area contributed by atoms with Gasteiger partial charge < -0.3 is 11.5 Å². The maximum absolute atomic E-state index is 11.9. The van der Waals surface area contributed by atoms with Crippen LogP contribution in [0, 0.1) is 5.92 Å². The predicted octanol–water partition coefficient (Wildman–Crippen LogP) is 1.74. The molecule has 2 rings (SSSR count). The lowest BCUT2D eigenvalue weighted by atomic mass is 10.0. The van der Waals surface area contributed by atoms with Gasteiger partial charge in [0, 0.05) is 17.5 Å². The minimum Gasteiger partial charge on any atom is -0.370 e. The summed E-state index contributed by atoms with van der Waals surface area (Å²) in [6, 6.07) is 7.88. The quantitative estimate of drug-likeness (QED) is 0.658. The number of nitrogens with zero attached hydrogens (tertiary/aromatic N) is 2. The Morgan fingerprint density at radius 3 is 2.62 bits per heavy atom. The number of nitrogens with two attached hydrogens (primary N) is 2. The molecule has 0 spiro atoms. The lowest BCUT2D eigenvalue weighted by Crippen LogP contribution is -2.27. The van der Waals surface area contributed by atoms with Crippen LogP contribution >= 0.6 is 11.6 Å². The van der Waals surface area contributed by atoms with Crippen molar-refractivity contribution in [2.24, 2.45) is 22.4 Å². The number of carbonyl (C=O) groups excluding carboxylic acids is 1. The van der Waals surface area contributed by atoms with Gasteiger partial charge in [0.15, 0.2) is 5.96 Å². The Morgan fingerprint density at radius 2 is 1.95 bits per heavy atom. The van der Waals surface area contributed by atoms with Crippen LogP contribution in [0.15, 0.2) is 29.3 Å². The van der Waals surface area contributed by atoms with Gasteiger partial charge in [-0.05, 0) is 50.0 Å². The van der Waals surface area contributed by atoms with Gasteiger partial charge in [0.05, 0.1) is 0 Å². The van der Waals surface area contributed by atoms with Gasteiger partial charge in [-0.1, -0.05) is 23.7 Å². The van der Waals surface area contributed by atoms with Crippen LogP contribution in [0.1, 0.15) is 24.8 Å². The van der Waals surface area contributed by atoms with E-state index in [9.17, 15) is 4.79 Å². The van der Waals surface area contributed by atoms with Crippen molar-refractivity contribution in [1.29, 1.82) is 0 Å². The largest absolute Gasteiger partial charge is 0.370 e. The maximum atomic E-state index is 11.9. The first-order valence-electron chi connectivity index (χ1n) is 7.15. The van der Waals surface area contributed by atoms with Crippen LogP contribution in [0.4, 0.5) is 0 Å². The molecule has 0 saturated carbocycles. The van der Waals surface area contributed by atoms with Crippen molar-refractivity contribution in [3.05, 3.63) is 34.9 Å². The molecule has 6 heteroatoms. The molecule has 1 amide bonds. The zero-order valence-corrected chi connectivity index (χ0v) is 12.7. The Balaban J connectivity index is 1.90. The summed E-state index contributed by atoms with van der Waals surface area (Å²) in [4.78, 5) is 17.9. The number of guanidine groups is 1. The van der Waals surface area contributed by atoms with Crippen LogP contribution in [0.2, 0.25) is 5.02 Å². The Hall–Kier alpha value is -1.59. The second-order valence-electron chi connectivity index (χ2n) is 5.41. The summed E-state index contributed by atoms with van der Waals surface area (Å²) in [6.07, 6.45) is 2.61. The zero-order valence-electron chi connectivity index (χ0n) is 12.0. The summed E-state index contributed by atoms with van der Waals surface area (Å²) >= 11 is 5.89. The van der Waals surface area contributed by atoms with Gasteiger partial charge >= 0.3 is 0 Å². The van der Waals surface area contributed by atoms with E-state index in [0.717, 1.165) is 43.9 Å². The number of hydrogen-bond acceptors (Lipinski definition) is 2. The number of hydrogen-bond donors (Lipinski definition) is 2. The topological polar surface area (TPSA) is 84.7 Å². The molecule has 0 aromatic heterocycles. The molecule has 114 valence electrons. The molecule has 1 aliphatic rings. The standard InChI is InChI=1S/C15H21ClN4O/c16-13-5-3-11(4-6-13)10-20-8-1-2-12(7-9-20)14(21)19-15(17)18/h3-6,12H,1-2,7-10H2,(H4,17,18,19,21). The van der Waals surface area contributed by atoms with Gasteiger partial charge in [0.25, 0.3) is 5.91 Å². The van der Waals surface area contributed by atoms with E-state index in [1.54, 1.807) is 0 Å². The SMILES string of the molecule is NC(N)=NC(=O)C1CCCN(Cc2ccc(Cl)cc2)CC1. The third kappa shape index (κ3) is 5.02. The Labute approximate surface area is 130 Å². The first-order valence-corrected chi connectivity index (χ1v) is 7.52. The van der Waals surface area contributed by atoms with E-state index < -0.39 is 0 Å². The zero-order chi connectivity index (χ0) is 15.2. The van der Waals surface area contributed by atoms with Crippen LogP contribution < -0.4 is 11.5 Å². The van der Waals surface area contributed by atoms with E-state index in [1.807, 2.05) is 24.3 Å². The molecule has 1 fully saturated rings. The average molecular weight is 309 g/mol. The normalized spacial score (nSPS) is 19.8. The van der Waals surface area contributed by atoms with Gasteiger partial charge in [-0.2, -0.15) is 4.99 Å². The molecule has 21 heavy (non-hydrogen) atoms. The highest BCUT2D eigenvalue weighted by Gasteiger charge is 2.22. The number of benzene rings is 1. The van der Waals surface area contributed by atoms with Gasteiger partial charge in [0.2, 0.25) is 0 Å². The van der Waals surface area contributed by atoms with Gasteiger partial charge in [-0.15, -0.1) is 0 Å². The summed E-state index contributed by atoms with van der Waals surface area (Å²) in [5.41, 5.74) is 11.8. The first kappa shape index (κ1) is 15.8. The molecule has 1 heterocycles. The minimum absolute atomic E-state index is 0.0673. The monoisotopic (exact) mass is 308 g/mol. The summed E-state index contributed by atoms with van der Waals surface area (Å²) in [5, 5.41) is 0.748. The van der Waals surface area contributed by atoms with Crippen molar-refractivity contribution in [2.45, 2.75) is 25.8 Å². The van der Waals surface area contributed by atoms with E-state index in [1.165, 1.54) is 5.56 Å². The molecule has 4 N–H and O–H groups in total. The molecule has 1 unspecified atom stereocenters. The highest BCUT2D eigenvalue weighted by atomic mass is 35.5. The van der Waals surface area contributed by atoms with E-state index in [0.29, 0.717) is 0 Å². The Kier molecular flexibility index (Phi) is 5.59. The summed E-state index contributed by atoms with van der Waals surface area (Å²) in [7, 11) is 0. The molecule has 1 saturated heterocycles. The van der Waals surface area contributed by atoms with Gasteiger partial charge in [-0.3, -0.25) is 9.69 Å². The molecule has 5 nitrogen and oxygen atoms in total. The molecule has 1 aromatic rings. The van der Waals surface area contributed by atoms with Crippen molar-refractivity contribution in [3.8, 4) is 0 Å². The summed E-state index contributed by atoms with van der Waals surface area (Å²) < 4.78 is 0. The van der Waals surface area contributed by atoms with Crippen molar-refractivity contribution < 1.29 is 4.79 Å². The van der Waals surface area contributed by atoms with Crippen LogP contribution in [0.25, 0.3) is 0 Å². The van der Waals surface area contributed by atoms with Crippen molar-refractivity contribution in [1.82, 2.24) is 4.90 Å². The molecule has 0 aliphatic carbocycles. The van der Waals surface area contributed by atoms with E-state index >= 15 is 0 Å². The number of rotatable bonds is 3. The fraction of sp³-hybridized carbons (Fsp3) is 0.467. The third-order valence-corrected chi connectivity index (χ3v) is 3.98. The van der Waals surface area contributed by atoms with Crippen LogP contribution in [0.3, 0.4) is 0 Å². The Morgan fingerprint density at radius 1 is 1.24 bits per heavy atom. The fourth-order valence-electron chi connectivity index (χ4n) is 2.63. The third-order valence-electron chi connectivity index (χ3n) is 3.73. The minimum atomic E-state index is -0.191. The number of amides is 1. The number of likely N-dealkylation sites (tertiary alicyclic amines) is 1. The molecule has 1 aromatic carbocycles. The summed E-state index contributed by atoms with van der Waals surface area (Å²) in [6.45, 7) is 2.73. The highest BCUT2D eigenvalue weighted by Crippen LogP contribution is 2.20.